The van der Waals surface area contributed by atoms with Crippen LogP contribution in [0.4, 0.5) is 0 Å². The van der Waals surface area contributed by atoms with Crippen LogP contribution in [0.5, 0.6) is 0 Å². The van der Waals surface area contributed by atoms with Gasteiger partial charge in [0.05, 0.1) is 11.2 Å². The van der Waals surface area contributed by atoms with Crippen molar-refractivity contribution in [2.45, 2.75) is 66.6 Å². The molecule has 21 heavy (non-hydrogen) atoms. The van der Waals surface area contributed by atoms with E-state index in [1.54, 1.807) is 47.6 Å². The van der Waals surface area contributed by atoms with Crippen LogP contribution >= 0.6 is 7.60 Å². The summed E-state index contributed by atoms with van der Waals surface area (Å²) >= 11 is 0. The second kappa shape index (κ2) is 7.21. The minimum atomic E-state index is -3.51. The van der Waals surface area contributed by atoms with Crippen LogP contribution in [0.1, 0.15) is 55.4 Å². The minimum absolute atomic E-state index is 0.0234. The van der Waals surface area contributed by atoms with Gasteiger partial charge in [-0.25, -0.2) is 0 Å². The van der Waals surface area contributed by atoms with Gasteiger partial charge in [-0.15, -0.1) is 6.58 Å². The van der Waals surface area contributed by atoms with Gasteiger partial charge >= 0.3 is 7.60 Å². The zero-order valence-corrected chi connectivity index (χ0v) is 15.6. The molecule has 0 unspecified atom stereocenters. The normalized spacial score (nSPS) is 16.4. The molecule has 0 aromatic rings. The molecule has 0 bridgehead atoms. The molecule has 0 saturated heterocycles. The van der Waals surface area contributed by atoms with Crippen LogP contribution in [0, 0.1) is 11.8 Å². The van der Waals surface area contributed by atoms with Crippen molar-refractivity contribution in [2.75, 3.05) is 6.16 Å². The third-order valence-corrected chi connectivity index (χ3v) is 5.19. The van der Waals surface area contributed by atoms with Gasteiger partial charge in [-0.05, 0) is 47.5 Å². The second-order valence-corrected chi connectivity index (χ2v) is 9.43. The lowest BCUT2D eigenvalue weighted by Crippen LogP contribution is -2.29. The average molecular weight is 318 g/mol. The second-order valence-electron chi connectivity index (χ2n) is 7.53. The van der Waals surface area contributed by atoms with E-state index in [9.17, 15) is 9.36 Å². The van der Waals surface area contributed by atoms with E-state index in [-0.39, 0.29) is 23.8 Å². The number of allylic oxidation sites excluding steroid dienone is 1. The van der Waals surface area contributed by atoms with Gasteiger partial charge in [-0.1, -0.05) is 19.9 Å². The minimum Gasteiger partial charge on any atom is -0.302 e. The third-order valence-electron chi connectivity index (χ3n) is 2.84. The Morgan fingerprint density at radius 3 is 1.76 bits per heavy atom. The summed E-state index contributed by atoms with van der Waals surface area (Å²) in [5.41, 5.74) is -1.29. The van der Waals surface area contributed by atoms with Gasteiger partial charge < -0.3 is 9.05 Å². The predicted octanol–water partition coefficient (Wildman–Crippen LogP) is 4.84. The molecule has 0 aromatic carbocycles. The maximum atomic E-state index is 13.0. The summed E-state index contributed by atoms with van der Waals surface area (Å²) in [6, 6.07) is 0. The van der Waals surface area contributed by atoms with Crippen molar-refractivity contribution < 1.29 is 18.4 Å². The Hall–Kier alpha value is -0.440. The van der Waals surface area contributed by atoms with Crippen LogP contribution in [0.25, 0.3) is 0 Å². The largest absolute Gasteiger partial charge is 0.339 e. The van der Waals surface area contributed by atoms with Crippen LogP contribution in [0.3, 0.4) is 0 Å². The zero-order valence-electron chi connectivity index (χ0n) is 14.7. The first kappa shape index (κ1) is 20.6. The number of hydrogen-bond acceptors (Lipinski definition) is 4. The van der Waals surface area contributed by atoms with E-state index in [0.29, 0.717) is 0 Å². The molecule has 0 amide bonds. The number of ketones is 1. The summed E-state index contributed by atoms with van der Waals surface area (Å²) in [6.07, 6.45) is 1.52. The van der Waals surface area contributed by atoms with Crippen LogP contribution in [0.2, 0.25) is 0 Å². The Labute approximate surface area is 129 Å². The number of carbonyl (C=O) groups excluding carboxylic acids is 1. The lowest BCUT2D eigenvalue weighted by molar-refractivity contribution is -0.121. The van der Waals surface area contributed by atoms with Gasteiger partial charge in [0.15, 0.2) is 0 Å². The van der Waals surface area contributed by atoms with E-state index in [4.69, 9.17) is 9.05 Å². The SMILES string of the molecule is C=C[C@@H](C)[C@@H](C)C(=O)CP(=O)(OC(C)(C)C)OC(C)(C)C. The first-order chi connectivity index (χ1) is 9.19. The topological polar surface area (TPSA) is 52.6 Å². The molecule has 124 valence electrons. The lowest BCUT2D eigenvalue weighted by Gasteiger charge is -2.32. The fourth-order valence-electron chi connectivity index (χ4n) is 1.75. The highest BCUT2D eigenvalue weighted by molar-refractivity contribution is 7.55. The van der Waals surface area contributed by atoms with Crippen molar-refractivity contribution in [1.29, 1.82) is 0 Å². The van der Waals surface area contributed by atoms with E-state index in [1.807, 2.05) is 13.8 Å². The number of hydrogen-bond donors (Lipinski definition) is 0. The molecule has 0 fully saturated rings. The highest BCUT2D eigenvalue weighted by Crippen LogP contribution is 2.54. The fourth-order valence-corrected chi connectivity index (χ4v) is 4.25. The predicted molar refractivity (Wildman–Crippen MR) is 87.7 cm³/mol. The van der Waals surface area contributed by atoms with E-state index in [1.165, 1.54) is 0 Å². The Morgan fingerprint density at radius 1 is 1.10 bits per heavy atom. The molecule has 5 heteroatoms. The first-order valence-corrected chi connectivity index (χ1v) is 9.08. The van der Waals surface area contributed by atoms with E-state index < -0.39 is 18.8 Å². The van der Waals surface area contributed by atoms with Gasteiger partial charge in [-0.2, -0.15) is 0 Å². The highest BCUT2D eigenvalue weighted by atomic mass is 31.2. The van der Waals surface area contributed by atoms with Crippen molar-refractivity contribution in [3.8, 4) is 0 Å². The molecule has 0 rings (SSSR count). The number of rotatable bonds is 7. The van der Waals surface area contributed by atoms with Crippen molar-refractivity contribution >= 4 is 13.4 Å². The average Bonchev–Trinajstić information content (AvgIpc) is 2.20. The molecule has 2 atom stereocenters. The van der Waals surface area contributed by atoms with E-state index in [2.05, 4.69) is 6.58 Å². The van der Waals surface area contributed by atoms with Gasteiger partial charge in [0.2, 0.25) is 0 Å². The molecule has 0 saturated carbocycles. The zero-order chi connectivity index (χ0) is 17.1. The molecule has 0 radical (unpaired) electrons. The smallest absolute Gasteiger partial charge is 0.302 e. The highest BCUT2D eigenvalue weighted by Gasteiger charge is 2.38. The van der Waals surface area contributed by atoms with Crippen molar-refractivity contribution in [1.82, 2.24) is 0 Å². The summed E-state index contributed by atoms with van der Waals surface area (Å²) in [6.45, 7) is 18.2. The third kappa shape index (κ3) is 8.55. The summed E-state index contributed by atoms with van der Waals surface area (Å²) in [7, 11) is -3.51. The monoisotopic (exact) mass is 318 g/mol. The Morgan fingerprint density at radius 2 is 1.48 bits per heavy atom. The molecule has 0 aliphatic heterocycles. The summed E-state index contributed by atoms with van der Waals surface area (Å²) < 4.78 is 24.2. The summed E-state index contributed by atoms with van der Waals surface area (Å²) in [5.74, 6) is -0.364. The maximum Gasteiger partial charge on any atom is 0.339 e. The van der Waals surface area contributed by atoms with Gasteiger partial charge in [0.25, 0.3) is 0 Å². The molecule has 0 heterocycles. The molecule has 0 N–H and O–H groups in total. The summed E-state index contributed by atoms with van der Waals surface area (Å²) in [5, 5.41) is 0. The Kier molecular flexibility index (Phi) is 7.06. The molecule has 0 spiro atoms. The molecule has 0 aromatic heterocycles. The van der Waals surface area contributed by atoms with E-state index >= 15 is 0 Å². The Balaban J connectivity index is 5.21. The Bertz CT molecular complexity index is 395. The summed E-state index contributed by atoms with van der Waals surface area (Å²) in [4.78, 5) is 12.4. The van der Waals surface area contributed by atoms with Crippen molar-refractivity contribution in [3.05, 3.63) is 12.7 Å². The van der Waals surface area contributed by atoms with Gasteiger partial charge in [-0.3, -0.25) is 9.36 Å². The van der Waals surface area contributed by atoms with Crippen LogP contribution < -0.4 is 0 Å². The lowest BCUT2D eigenvalue weighted by atomic mass is 9.93. The number of carbonyl (C=O) groups is 1. The number of Topliss-reactive ketones (excluding diaryl/α,β-unsaturated/α-hetero) is 1. The molecular formula is C16H31O4P. The van der Waals surface area contributed by atoms with Crippen molar-refractivity contribution in [3.63, 3.8) is 0 Å². The molecule has 0 aliphatic carbocycles. The van der Waals surface area contributed by atoms with Crippen LogP contribution in [0.15, 0.2) is 12.7 Å². The molecule has 4 nitrogen and oxygen atoms in total. The van der Waals surface area contributed by atoms with E-state index in [0.717, 1.165) is 0 Å². The van der Waals surface area contributed by atoms with Crippen molar-refractivity contribution in [2.24, 2.45) is 11.8 Å². The van der Waals surface area contributed by atoms with Gasteiger partial charge in [0.1, 0.15) is 11.9 Å². The standard InChI is InChI=1S/C16H31O4P/c1-10-12(2)13(3)14(17)11-21(18,19-15(4,5)6)20-16(7,8)9/h10,12-13H,1,11H2,2-9H3/t12-,13-/m1/s1. The quantitative estimate of drug-likeness (QED) is 0.498. The molecular weight excluding hydrogens is 287 g/mol. The van der Waals surface area contributed by atoms with Crippen LogP contribution in [-0.2, 0) is 18.4 Å². The fraction of sp³-hybridized carbons (Fsp3) is 0.812. The van der Waals surface area contributed by atoms with Gasteiger partial charge in [0, 0.05) is 5.92 Å². The first-order valence-electron chi connectivity index (χ1n) is 7.35. The van der Waals surface area contributed by atoms with Crippen LogP contribution in [-0.4, -0.2) is 23.1 Å². The molecule has 0 aliphatic rings. The maximum absolute atomic E-state index is 13.0.